The lowest BCUT2D eigenvalue weighted by Crippen LogP contribution is -2.08. The van der Waals surface area contributed by atoms with Gasteiger partial charge in [-0.25, -0.2) is 0 Å². The fourth-order valence-electron chi connectivity index (χ4n) is 2.23. The lowest BCUT2D eigenvalue weighted by atomic mass is 10.1. The van der Waals surface area contributed by atoms with Gasteiger partial charge in [0.2, 0.25) is 0 Å². The maximum absolute atomic E-state index is 11.9. The van der Waals surface area contributed by atoms with Crippen LogP contribution < -0.4 is 4.74 Å². The first-order valence-electron chi connectivity index (χ1n) is 7.68. The molecule has 0 aliphatic heterocycles. The number of benzene rings is 2. The fraction of sp³-hybridized carbons (Fsp3) is 0.316. The minimum Gasteiger partial charge on any atom is -0.497 e. The lowest BCUT2D eigenvalue weighted by molar-refractivity contribution is -0.143. The van der Waals surface area contributed by atoms with Gasteiger partial charge in [0.1, 0.15) is 5.75 Å². The smallest absolute Gasteiger partial charge is 0.307 e. The van der Waals surface area contributed by atoms with E-state index in [9.17, 15) is 4.79 Å². The third-order valence-corrected chi connectivity index (χ3v) is 4.78. The maximum atomic E-state index is 11.9. The van der Waals surface area contributed by atoms with Crippen LogP contribution in [0.4, 0.5) is 0 Å². The van der Waals surface area contributed by atoms with Crippen LogP contribution in [0.25, 0.3) is 0 Å². The minimum atomic E-state index is -0.149. The standard InChI is InChI=1S/C19H22O3S/c1-3-22-19(20)13-18(16-7-5-4-6-8-16)23-14-15-9-11-17(21-2)12-10-15/h4-12,18H,3,13-14H2,1-2H3. The molecule has 3 nitrogen and oxygen atoms in total. The Kier molecular flexibility index (Phi) is 7.01. The van der Waals surface area contributed by atoms with E-state index in [2.05, 4.69) is 24.3 Å². The van der Waals surface area contributed by atoms with Crippen LogP contribution in [0.1, 0.15) is 29.7 Å². The Bertz CT molecular complexity index is 596. The van der Waals surface area contributed by atoms with E-state index in [0.29, 0.717) is 13.0 Å². The monoisotopic (exact) mass is 330 g/mol. The molecule has 0 aliphatic carbocycles. The van der Waals surface area contributed by atoms with Gasteiger partial charge in [-0.1, -0.05) is 42.5 Å². The van der Waals surface area contributed by atoms with E-state index in [0.717, 1.165) is 17.1 Å². The molecule has 2 aromatic carbocycles. The molecule has 0 saturated heterocycles. The van der Waals surface area contributed by atoms with Crippen LogP contribution in [0.2, 0.25) is 0 Å². The molecule has 2 aromatic rings. The molecule has 0 bridgehead atoms. The molecule has 1 unspecified atom stereocenters. The number of ether oxygens (including phenoxy) is 2. The minimum absolute atomic E-state index is 0.0948. The Morgan fingerprint density at radius 3 is 2.39 bits per heavy atom. The van der Waals surface area contributed by atoms with E-state index < -0.39 is 0 Å². The second-order valence-electron chi connectivity index (χ2n) is 5.07. The molecule has 0 aliphatic rings. The summed E-state index contributed by atoms with van der Waals surface area (Å²) in [6.45, 7) is 2.25. The molecule has 0 spiro atoms. The Balaban J connectivity index is 2.03. The normalized spacial score (nSPS) is 11.7. The van der Waals surface area contributed by atoms with E-state index in [1.54, 1.807) is 18.9 Å². The predicted molar refractivity (Wildman–Crippen MR) is 94.7 cm³/mol. The zero-order chi connectivity index (χ0) is 16.5. The van der Waals surface area contributed by atoms with Crippen LogP contribution in [0.15, 0.2) is 54.6 Å². The van der Waals surface area contributed by atoms with Crippen molar-refractivity contribution in [3.05, 3.63) is 65.7 Å². The summed E-state index contributed by atoms with van der Waals surface area (Å²) >= 11 is 1.75. The summed E-state index contributed by atoms with van der Waals surface area (Å²) < 4.78 is 10.3. The number of carbonyl (C=O) groups excluding carboxylic acids is 1. The van der Waals surface area contributed by atoms with Crippen LogP contribution in [0, 0.1) is 0 Å². The second-order valence-corrected chi connectivity index (χ2v) is 6.26. The Morgan fingerprint density at radius 2 is 1.78 bits per heavy atom. The molecule has 2 rings (SSSR count). The first kappa shape index (κ1) is 17.4. The Morgan fingerprint density at radius 1 is 1.09 bits per heavy atom. The highest BCUT2D eigenvalue weighted by Crippen LogP contribution is 2.35. The van der Waals surface area contributed by atoms with Crippen LogP contribution in [0.5, 0.6) is 5.75 Å². The highest BCUT2D eigenvalue weighted by Gasteiger charge is 2.17. The zero-order valence-electron chi connectivity index (χ0n) is 13.5. The summed E-state index contributed by atoms with van der Waals surface area (Å²) in [5.41, 5.74) is 2.36. The molecule has 122 valence electrons. The quantitative estimate of drug-likeness (QED) is 0.662. The third kappa shape index (κ3) is 5.64. The lowest BCUT2D eigenvalue weighted by Gasteiger charge is -2.16. The third-order valence-electron chi connectivity index (χ3n) is 3.44. The van der Waals surface area contributed by atoms with Crippen molar-refractivity contribution in [1.29, 1.82) is 0 Å². The van der Waals surface area contributed by atoms with E-state index in [4.69, 9.17) is 9.47 Å². The molecule has 0 aromatic heterocycles. The SMILES string of the molecule is CCOC(=O)CC(SCc1ccc(OC)cc1)c1ccccc1. The Hall–Kier alpha value is -1.94. The van der Waals surface area contributed by atoms with Gasteiger partial charge in [-0.2, -0.15) is 0 Å². The summed E-state index contributed by atoms with van der Waals surface area (Å²) in [5.74, 6) is 1.54. The molecule has 0 N–H and O–H groups in total. The number of rotatable bonds is 8. The molecule has 1 atom stereocenters. The van der Waals surface area contributed by atoms with Crippen molar-refractivity contribution in [1.82, 2.24) is 0 Å². The summed E-state index contributed by atoms with van der Waals surface area (Å²) in [5, 5.41) is 0.0948. The number of methoxy groups -OCH3 is 1. The second kappa shape index (κ2) is 9.26. The molecular formula is C19H22O3S. The van der Waals surface area contributed by atoms with Gasteiger partial charge in [0.25, 0.3) is 0 Å². The number of hydrogen-bond donors (Lipinski definition) is 0. The summed E-state index contributed by atoms with van der Waals surface area (Å²) in [6.07, 6.45) is 0.388. The molecule has 0 radical (unpaired) electrons. The summed E-state index contributed by atoms with van der Waals surface area (Å²) in [6, 6.07) is 18.1. The first-order chi connectivity index (χ1) is 11.2. The molecule has 0 heterocycles. The van der Waals surface area contributed by atoms with Crippen molar-refractivity contribution in [2.24, 2.45) is 0 Å². The molecular weight excluding hydrogens is 308 g/mol. The molecule has 0 amide bonds. The summed E-state index contributed by atoms with van der Waals surface area (Å²) in [4.78, 5) is 11.9. The van der Waals surface area contributed by atoms with Crippen molar-refractivity contribution in [3.63, 3.8) is 0 Å². The number of carbonyl (C=O) groups is 1. The maximum Gasteiger partial charge on any atom is 0.307 e. The van der Waals surface area contributed by atoms with Crippen molar-refractivity contribution in [3.8, 4) is 5.75 Å². The van der Waals surface area contributed by atoms with Gasteiger partial charge in [-0.05, 0) is 30.2 Å². The van der Waals surface area contributed by atoms with E-state index >= 15 is 0 Å². The van der Waals surface area contributed by atoms with Crippen molar-refractivity contribution in [2.75, 3.05) is 13.7 Å². The van der Waals surface area contributed by atoms with E-state index in [-0.39, 0.29) is 11.2 Å². The van der Waals surface area contributed by atoms with Crippen molar-refractivity contribution >= 4 is 17.7 Å². The average molecular weight is 330 g/mol. The highest BCUT2D eigenvalue weighted by molar-refractivity contribution is 7.98. The zero-order valence-corrected chi connectivity index (χ0v) is 14.3. The molecule has 0 saturated carbocycles. The molecule has 0 fully saturated rings. The fourth-order valence-corrected chi connectivity index (χ4v) is 3.42. The van der Waals surface area contributed by atoms with Gasteiger partial charge < -0.3 is 9.47 Å². The predicted octanol–water partition coefficient (Wildman–Crippen LogP) is 4.62. The van der Waals surface area contributed by atoms with Gasteiger partial charge in [0.05, 0.1) is 20.1 Å². The number of hydrogen-bond acceptors (Lipinski definition) is 4. The van der Waals surface area contributed by atoms with Crippen LogP contribution >= 0.6 is 11.8 Å². The van der Waals surface area contributed by atoms with Gasteiger partial charge in [0.15, 0.2) is 0 Å². The number of thioether (sulfide) groups is 1. The van der Waals surface area contributed by atoms with Crippen molar-refractivity contribution < 1.29 is 14.3 Å². The van der Waals surface area contributed by atoms with Gasteiger partial charge in [-0.3, -0.25) is 4.79 Å². The van der Waals surface area contributed by atoms with E-state index in [1.807, 2.05) is 37.3 Å². The topological polar surface area (TPSA) is 35.5 Å². The Labute approximate surface area is 142 Å². The largest absolute Gasteiger partial charge is 0.497 e. The average Bonchev–Trinajstić information content (AvgIpc) is 2.60. The van der Waals surface area contributed by atoms with Crippen LogP contribution in [0.3, 0.4) is 0 Å². The molecule has 23 heavy (non-hydrogen) atoms. The number of esters is 1. The van der Waals surface area contributed by atoms with Gasteiger partial charge in [0, 0.05) is 11.0 Å². The summed E-state index contributed by atoms with van der Waals surface area (Å²) in [7, 11) is 1.66. The highest BCUT2D eigenvalue weighted by atomic mass is 32.2. The molecule has 4 heteroatoms. The van der Waals surface area contributed by atoms with Gasteiger partial charge in [-0.15, -0.1) is 11.8 Å². The van der Waals surface area contributed by atoms with Crippen LogP contribution in [-0.2, 0) is 15.3 Å². The van der Waals surface area contributed by atoms with Crippen molar-refractivity contribution in [2.45, 2.75) is 24.3 Å². The van der Waals surface area contributed by atoms with Gasteiger partial charge >= 0.3 is 5.97 Å². The first-order valence-corrected chi connectivity index (χ1v) is 8.73. The van der Waals surface area contributed by atoms with Crippen LogP contribution in [-0.4, -0.2) is 19.7 Å². The van der Waals surface area contributed by atoms with E-state index in [1.165, 1.54) is 5.56 Å².